The van der Waals surface area contributed by atoms with Crippen molar-refractivity contribution in [1.29, 1.82) is 0 Å². The smallest absolute Gasteiger partial charge is 0.261 e. The fraction of sp³-hybridized carbons (Fsp3) is 0.100. The lowest BCUT2D eigenvalue weighted by molar-refractivity contribution is -0.120. The molecule has 0 radical (unpaired) electrons. The molecule has 4 nitrogen and oxygen atoms in total. The van der Waals surface area contributed by atoms with Crippen molar-refractivity contribution in [3.05, 3.63) is 94.2 Å². The lowest BCUT2D eigenvalue weighted by Crippen LogP contribution is -2.38. The van der Waals surface area contributed by atoms with Gasteiger partial charge in [-0.05, 0) is 34.7 Å². The first-order valence-corrected chi connectivity index (χ1v) is 9.12. The van der Waals surface area contributed by atoms with E-state index in [0.29, 0.717) is 9.90 Å². The minimum Gasteiger partial charge on any atom is -0.344 e. The van der Waals surface area contributed by atoms with Crippen molar-refractivity contribution in [3.8, 4) is 0 Å². The predicted molar refractivity (Wildman–Crippen MR) is 107 cm³/mol. The van der Waals surface area contributed by atoms with E-state index in [-0.39, 0.29) is 18.4 Å². The van der Waals surface area contributed by atoms with Crippen LogP contribution in [0.1, 0.15) is 21.3 Å². The highest BCUT2D eigenvalue weighted by Crippen LogP contribution is 2.24. The third-order valence-electron chi connectivity index (χ3n) is 3.54. The summed E-state index contributed by atoms with van der Waals surface area (Å²) < 4.78 is 0. The lowest BCUT2D eigenvalue weighted by atomic mass is 9.98. The molecule has 0 saturated carbocycles. The number of hydrogen-bond donors (Lipinski definition) is 2. The van der Waals surface area contributed by atoms with Crippen molar-refractivity contribution < 1.29 is 9.59 Å². The molecule has 0 bridgehead atoms. The molecule has 6 heteroatoms. The Morgan fingerprint density at radius 3 is 2.50 bits per heavy atom. The van der Waals surface area contributed by atoms with Crippen LogP contribution < -0.4 is 10.6 Å². The zero-order valence-electron chi connectivity index (χ0n) is 14.1. The molecule has 0 spiro atoms. The Hall–Kier alpha value is -2.63. The van der Waals surface area contributed by atoms with Crippen molar-refractivity contribution in [2.24, 2.45) is 0 Å². The predicted octanol–water partition coefficient (Wildman–Crippen LogP) is 4.29. The monoisotopic (exact) mass is 386 g/mol. The number of hydrogen-bond acceptors (Lipinski definition) is 3. The van der Waals surface area contributed by atoms with Gasteiger partial charge in [0.1, 0.15) is 0 Å². The molecule has 1 unspecified atom stereocenters. The van der Waals surface area contributed by atoms with E-state index in [4.69, 9.17) is 11.6 Å². The van der Waals surface area contributed by atoms with Gasteiger partial charge in [0.25, 0.3) is 5.91 Å². The molecule has 0 fully saturated rings. The van der Waals surface area contributed by atoms with E-state index in [9.17, 15) is 9.59 Å². The van der Waals surface area contributed by atoms with Gasteiger partial charge in [-0.15, -0.1) is 11.3 Å². The molecular weight excluding hydrogens is 368 g/mol. The first-order valence-electron chi connectivity index (χ1n) is 7.86. The molecule has 2 amide bonds. The van der Waals surface area contributed by atoms with E-state index in [0.717, 1.165) is 11.1 Å². The van der Waals surface area contributed by atoms with Crippen LogP contribution >= 0.6 is 22.9 Å². The molecule has 1 aromatic heterocycles. The van der Waals surface area contributed by atoms with Gasteiger partial charge in [-0.2, -0.15) is 0 Å². The van der Waals surface area contributed by atoms with E-state index in [1.54, 1.807) is 42.5 Å². The first-order chi connectivity index (χ1) is 12.5. The Morgan fingerprint density at radius 2 is 1.92 bits per heavy atom. The molecule has 26 heavy (non-hydrogen) atoms. The number of carbonyl (C=O) groups is 2. The molecule has 0 aliphatic rings. The fourth-order valence-electron chi connectivity index (χ4n) is 2.30. The van der Waals surface area contributed by atoms with Crippen LogP contribution in [0.15, 0.2) is 78.7 Å². The molecular formula is C20H19ClN2O2S. The SMILES string of the molecule is C=C/C=C(\C=C)C(NC(=O)CNC(=O)c1cccs1)c1ccc(Cl)cc1. The second-order valence-corrected chi connectivity index (χ2v) is 6.70. The molecule has 1 atom stereocenters. The molecule has 2 rings (SSSR count). The van der Waals surface area contributed by atoms with Crippen LogP contribution in [0.5, 0.6) is 0 Å². The highest BCUT2D eigenvalue weighted by molar-refractivity contribution is 7.12. The van der Waals surface area contributed by atoms with E-state index in [1.807, 2.05) is 17.5 Å². The number of thiophene rings is 1. The number of nitrogens with one attached hydrogen (secondary N) is 2. The largest absolute Gasteiger partial charge is 0.344 e. The van der Waals surface area contributed by atoms with Crippen molar-refractivity contribution in [3.63, 3.8) is 0 Å². The summed E-state index contributed by atoms with van der Waals surface area (Å²) in [5.41, 5.74) is 1.63. The summed E-state index contributed by atoms with van der Waals surface area (Å²) in [4.78, 5) is 24.9. The van der Waals surface area contributed by atoms with Gasteiger partial charge >= 0.3 is 0 Å². The van der Waals surface area contributed by atoms with Crippen LogP contribution in [-0.2, 0) is 4.79 Å². The minimum absolute atomic E-state index is 0.126. The van der Waals surface area contributed by atoms with Crippen molar-refractivity contribution in [2.75, 3.05) is 6.54 Å². The Bertz CT molecular complexity index is 811. The summed E-state index contributed by atoms with van der Waals surface area (Å²) in [5, 5.41) is 7.94. The third kappa shape index (κ3) is 5.44. The molecule has 0 saturated heterocycles. The Kier molecular flexibility index (Phi) is 7.38. The van der Waals surface area contributed by atoms with Crippen molar-refractivity contribution in [2.45, 2.75) is 6.04 Å². The minimum atomic E-state index is -0.422. The standard InChI is InChI=1S/C20H19ClN2O2S/c1-3-6-14(4-2)19(15-8-10-16(21)11-9-15)23-18(24)13-22-20(25)17-7-5-12-26-17/h3-12,19H,1-2,13H2,(H,22,25)(H,23,24)/b14-6+. The second kappa shape index (κ2) is 9.75. The van der Waals surface area contributed by atoms with E-state index >= 15 is 0 Å². The van der Waals surface area contributed by atoms with E-state index in [1.165, 1.54) is 11.3 Å². The summed E-state index contributed by atoms with van der Waals surface area (Å²) in [7, 11) is 0. The molecule has 1 heterocycles. The zero-order valence-corrected chi connectivity index (χ0v) is 15.6. The number of rotatable bonds is 8. The highest BCUT2D eigenvalue weighted by Gasteiger charge is 2.18. The van der Waals surface area contributed by atoms with Gasteiger partial charge in [0.15, 0.2) is 0 Å². The number of benzene rings is 1. The zero-order chi connectivity index (χ0) is 18.9. The van der Waals surface area contributed by atoms with Crippen molar-refractivity contribution >= 4 is 34.8 Å². The normalized spacial score (nSPS) is 12.1. The van der Waals surface area contributed by atoms with Gasteiger partial charge in [0, 0.05) is 5.02 Å². The summed E-state index contributed by atoms with van der Waals surface area (Å²) >= 11 is 7.27. The number of allylic oxidation sites excluding steroid dienone is 2. The summed E-state index contributed by atoms with van der Waals surface area (Å²) in [6.07, 6.45) is 5.06. The van der Waals surface area contributed by atoms with Crippen LogP contribution in [0.4, 0.5) is 0 Å². The average molecular weight is 387 g/mol. The van der Waals surface area contributed by atoms with Crippen LogP contribution in [0, 0.1) is 0 Å². The van der Waals surface area contributed by atoms with Gasteiger partial charge in [0.05, 0.1) is 17.5 Å². The Labute approximate surface area is 161 Å². The van der Waals surface area contributed by atoms with E-state index < -0.39 is 6.04 Å². The molecule has 2 N–H and O–H groups in total. The van der Waals surface area contributed by atoms with Crippen molar-refractivity contribution in [1.82, 2.24) is 10.6 Å². The number of halogens is 1. The maximum Gasteiger partial charge on any atom is 0.261 e. The summed E-state index contributed by atoms with van der Waals surface area (Å²) in [5.74, 6) is -0.588. The topological polar surface area (TPSA) is 58.2 Å². The molecule has 1 aromatic carbocycles. The van der Waals surface area contributed by atoms with Gasteiger partial charge in [0.2, 0.25) is 5.91 Å². The van der Waals surface area contributed by atoms with Crippen LogP contribution in [0.25, 0.3) is 0 Å². The maximum absolute atomic E-state index is 12.4. The first kappa shape index (κ1) is 19.7. The van der Waals surface area contributed by atoms with Gasteiger partial charge in [-0.1, -0.05) is 61.2 Å². The summed E-state index contributed by atoms with van der Waals surface area (Å²) in [6, 6.07) is 10.2. The summed E-state index contributed by atoms with van der Waals surface area (Å²) in [6.45, 7) is 7.36. The van der Waals surface area contributed by atoms with Gasteiger partial charge in [-0.25, -0.2) is 0 Å². The van der Waals surface area contributed by atoms with Crippen LogP contribution in [-0.4, -0.2) is 18.4 Å². The lowest BCUT2D eigenvalue weighted by Gasteiger charge is -2.21. The quantitative estimate of drug-likeness (QED) is 0.665. The Balaban J connectivity index is 2.10. The maximum atomic E-state index is 12.4. The van der Waals surface area contributed by atoms with Gasteiger partial charge < -0.3 is 10.6 Å². The molecule has 0 aliphatic carbocycles. The highest BCUT2D eigenvalue weighted by atomic mass is 35.5. The fourth-order valence-corrected chi connectivity index (χ4v) is 3.07. The molecule has 2 aromatic rings. The second-order valence-electron chi connectivity index (χ2n) is 5.32. The van der Waals surface area contributed by atoms with E-state index in [2.05, 4.69) is 23.8 Å². The van der Waals surface area contributed by atoms with Crippen LogP contribution in [0.2, 0.25) is 5.02 Å². The number of amides is 2. The molecule has 134 valence electrons. The van der Waals surface area contributed by atoms with Crippen LogP contribution in [0.3, 0.4) is 0 Å². The average Bonchev–Trinajstić information content (AvgIpc) is 3.18. The third-order valence-corrected chi connectivity index (χ3v) is 4.66. The Morgan fingerprint density at radius 1 is 1.19 bits per heavy atom. The number of carbonyl (C=O) groups excluding carboxylic acids is 2. The molecule has 0 aliphatic heterocycles. The van der Waals surface area contributed by atoms with Gasteiger partial charge in [-0.3, -0.25) is 9.59 Å².